The fraction of sp³-hybridized carbons (Fsp3) is 0.280. The Hall–Kier alpha value is -3.66. The lowest BCUT2D eigenvalue weighted by atomic mass is 10.2. The molecule has 0 aliphatic heterocycles. The Morgan fingerprint density at radius 1 is 1.17 bits per heavy atom. The van der Waals surface area contributed by atoms with Gasteiger partial charge in [0, 0.05) is 40.8 Å². The first-order chi connectivity index (χ1) is 16.9. The highest BCUT2D eigenvalue weighted by Crippen LogP contribution is 2.39. The highest BCUT2D eigenvalue weighted by Gasteiger charge is 2.22. The summed E-state index contributed by atoms with van der Waals surface area (Å²) in [6.07, 6.45) is 1.49. The Bertz CT molecular complexity index is 1380. The summed E-state index contributed by atoms with van der Waals surface area (Å²) in [6.45, 7) is 4.71. The van der Waals surface area contributed by atoms with Crippen molar-refractivity contribution in [1.29, 1.82) is 0 Å². The minimum atomic E-state index is -0.560. The van der Waals surface area contributed by atoms with Gasteiger partial charge in [-0.25, -0.2) is 18.6 Å². The molecule has 3 aromatic heterocycles. The number of hydrogen-bond donors (Lipinski definition) is 1. The average molecular weight is 502 g/mol. The van der Waals surface area contributed by atoms with Crippen LogP contribution in [-0.2, 0) is 11.3 Å². The lowest BCUT2D eigenvalue weighted by molar-refractivity contribution is 0.0602. The predicted molar refractivity (Wildman–Crippen MR) is 132 cm³/mol. The molecule has 0 saturated carbocycles. The van der Waals surface area contributed by atoms with Crippen LogP contribution < -0.4 is 14.8 Å². The van der Waals surface area contributed by atoms with Gasteiger partial charge in [0.2, 0.25) is 0 Å². The second-order valence-electron chi connectivity index (χ2n) is 7.63. The smallest absolute Gasteiger partial charge is 0.351 e. The Labute approximate surface area is 205 Å². The Morgan fingerprint density at radius 2 is 1.97 bits per heavy atom. The van der Waals surface area contributed by atoms with Gasteiger partial charge in [-0.3, -0.25) is 0 Å². The number of carbonyl (C=O) groups excluding carboxylic acids is 1. The predicted octanol–water partition coefficient (Wildman–Crippen LogP) is 5.66. The third-order valence-electron chi connectivity index (χ3n) is 5.55. The maximum absolute atomic E-state index is 15.4. The minimum Gasteiger partial charge on any atom is -0.496 e. The Morgan fingerprint density at radius 3 is 2.69 bits per heavy atom. The van der Waals surface area contributed by atoms with Crippen LogP contribution in [0.1, 0.15) is 22.3 Å². The van der Waals surface area contributed by atoms with Gasteiger partial charge >= 0.3 is 5.97 Å². The molecule has 4 rings (SSSR count). The van der Waals surface area contributed by atoms with E-state index in [0.717, 1.165) is 17.0 Å². The number of aryl methyl sites for hydroxylation is 1. The molecule has 0 amide bonds. The van der Waals surface area contributed by atoms with E-state index in [2.05, 4.69) is 10.3 Å². The number of pyridine rings is 1. The third kappa shape index (κ3) is 4.66. The first-order valence-corrected chi connectivity index (χ1v) is 11.8. The first kappa shape index (κ1) is 24.5. The highest BCUT2D eigenvalue weighted by molar-refractivity contribution is 7.17. The van der Waals surface area contributed by atoms with Gasteiger partial charge in [0.1, 0.15) is 17.3 Å². The summed E-state index contributed by atoms with van der Waals surface area (Å²) >= 11 is 1.09. The van der Waals surface area contributed by atoms with Crippen molar-refractivity contribution < 1.29 is 27.8 Å². The molecular weight excluding hydrogens is 476 g/mol. The van der Waals surface area contributed by atoms with Crippen LogP contribution >= 0.6 is 11.3 Å². The summed E-state index contributed by atoms with van der Waals surface area (Å²) in [6, 6.07) is 7.98. The molecule has 0 unspecified atom stereocenters. The average Bonchev–Trinajstić information content (AvgIpc) is 3.42. The third-order valence-corrected chi connectivity index (χ3v) is 6.68. The van der Waals surface area contributed by atoms with Gasteiger partial charge in [0.15, 0.2) is 16.5 Å². The molecule has 1 N–H and O–H groups in total. The Balaban J connectivity index is 1.58. The van der Waals surface area contributed by atoms with Gasteiger partial charge < -0.3 is 24.1 Å². The molecular formula is C25H25F2N3O4S. The van der Waals surface area contributed by atoms with Gasteiger partial charge in [0.05, 0.1) is 26.3 Å². The number of benzene rings is 1. The first-order valence-electron chi connectivity index (χ1n) is 11.0. The number of halogens is 2. The molecule has 1 aromatic carbocycles. The van der Waals surface area contributed by atoms with Gasteiger partial charge in [-0.1, -0.05) is 0 Å². The van der Waals surface area contributed by atoms with Crippen molar-refractivity contribution in [2.45, 2.75) is 20.4 Å². The number of rotatable bonds is 9. The van der Waals surface area contributed by atoms with Crippen LogP contribution in [0.5, 0.6) is 11.5 Å². The number of aromatic nitrogens is 2. The number of nitrogens with zero attached hydrogens (tertiary/aromatic N) is 2. The Kier molecular flexibility index (Phi) is 7.20. The summed E-state index contributed by atoms with van der Waals surface area (Å²) in [4.78, 5) is 17.0. The number of carbonyl (C=O) groups is 1. The quantitative estimate of drug-likeness (QED) is 0.299. The highest BCUT2D eigenvalue weighted by atomic mass is 32.1. The monoisotopic (exact) mass is 501 g/mol. The number of fused-ring (bicyclic) bond motifs is 1. The van der Waals surface area contributed by atoms with Gasteiger partial charge in [0.25, 0.3) is 0 Å². The van der Waals surface area contributed by atoms with Crippen molar-refractivity contribution in [1.82, 2.24) is 9.55 Å². The van der Waals surface area contributed by atoms with Crippen molar-refractivity contribution in [3.05, 3.63) is 58.7 Å². The summed E-state index contributed by atoms with van der Waals surface area (Å²) in [5, 5.41) is 3.68. The molecule has 0 saturated heterocycles. The van der Waals surface area contributed by atoms with Gasteiger partial charge in [-0.2, -0.15) is 0 Å². The minimum absolute atomic E-state index is 0.0562. The normalized spacial score (nSPS) is 11.0. The van der Waals surface area contributed by atoms with E-state index in [9.17, 15) is 9.18 Å². The largest absolute Gasteiger partial charge is 0.496 e. The zero-order valence-electron chi connectivity index (χ0n) is 19.8. The standard InChI is InChI=1S/C25H25F2N3O4S/c1-5-34-19-13-20(35-23(19)25(31)33-4)15-8-9-28-24(21(15)27)29-10-11-30-14(2)12-16-18(32-3)7-6-17(26)22(16)30/h6-9,12-13H,5,10-11H2,1-4H3,(H,28,29). The van der Waals surface area contributed by atoms with Crippen LogP contribution in [0.3, 0.4) is 0 Å². The number of nitrogens with one attached hydrogen (secondary N) is 1. The molecule has 0 aliphatic carbocycles. The van der Waals surface area contributed by atoms with Gasteiger partial charge in [-0.15, -0.1) is 11.3 Å². The summed E-state index contributed by atoms with van der Waals surface area (Å²) in [7, 11) is 2.82. The molecule has 0 aliphatic rings. The summed E-state index contributed by atoms with van der Waals surface area (Å²) < 4.78 is 47.5. The van der Waals surface area contributed by atoms with Crippen molar-refractivity contribution in [2.24, 2.45) is 0 Å². The van der Waals surface area contributed by atoms with Crippen molar-refractivity contribution in [3.63, 3.8) is 0 Å². The number of thiophene rings is 1. The van der Waals surface area contributed by atoms with Crippen LogP contribution in [0, 0.1) is 18.6 Å². The van der Waals surface area contributed by atoms with E-state index in [1.165, 1.54) is 25.4 Å². The topological polar surface area (TPSA) is 74.6 Å². The maximum Gasteiger partial charge on any atom is 0.351 e. The van der Waals surface area contributed by atoms with E-state index in [1.54, 1.807) is 26.2 Å². The van der Waals surface area contributed by atoms with E-state index in [1.807, 2.05) is 17.6 Å². The molecule has 10 heteroatoms. The lowest BCUT2D eigenvalue weighted by Crippen LogP contribution is -2.13. The molecule has 4 aromatic rings. The fourth-order valence-electron chi connectivity index (χ4n) is 3.95. The molecule has 184 valence electrons. The van der Waals surface area contributed by atoms with E-state index in [0.29, 0.717) is 47.0 Å². The molecule has 3 heterocycles. The van der Waals surface area contributed by atoms with E-state index < -0.39 is 11.8 Å². The van der Waals surface area contributed by atoms with E-state index >= 15 is 4.39 Å². The zero-order chi connectivity index (χ0) is 25.1. The van der Waals surface area contributed by atoms with Gasteiger partial charge in [-0.05, 0) is 44.2 Å². The molecule has 0 spiro atoms. The molecule has 7 nitrogen and oxygen atoms in total. The fourth-order valence-corrected chi connectivity index (χ4v) is 4.99. The van der Waals surface area contributed by atoms with Crippen LogP contribution in [0.4, 0.5) is 14.6 Å². The van der Waals surface area contributed by atoms with E-state index in [-0.39, 0.29) is 22.1 Å². The second-order valence-corrected chi connectivity index (χ2v) is 8.68. The summed E-state index contributed by atoms with van der Waals surface area (Å²) in [5.74, 6) is -0.473. The second kappa shape index (κ2) is 10.3. The van der Waals surface area contributed by atoms with Crippen LogP contribution in [0.2, 0.25) is 0 Å². The zero-order valence-corrected chi connectivity index (χ0v) is 20.6. The number of ether oxygens (including phenoxy) is 3. The van der Waals surface area contributed by atoms with E-state index in [4.69, 9.17) is 14.2 Å². The van der Waals surface area contributed by atoms with Crippen LogP contribution in [0.15, 0.2) is 36.5 Å². The molecule has 35 heavy (non-hydrogen) atoms. The molecule has 0 atom stereocenters. The molecule has 0 bridgehead atoms. The molecule has 0 fully saturated rings. The van der Waals surface area contributed by atoms with Crippen LogP contribution in [-0.4, -0.2) is 42.9 Å². The number of esters is 1. The number of hydrogen-bond acceptors (Lipinski definition) is 7. The maximum atomic E-state index is 15.4. The van der Waals surface area contributed by atoms with Crippen LogP contribution in [0.25, 0.3) is 21.3 Å². The van der Waals surface area contributed by atoms with Crippen molar-refractivity contribution >= 4 is 34.0 Å². The molecule has 0 radical (unpaired) electrons. The van der Waals surface area contributed by atoms with Crippen molar-refractivity contribution in [2.75, 3.05) is 32.7 Å². The van der Waals surface area contributed by atoms with Crippen molar-refractivity contribution in [3.8, 4) is 21.9 Å². The number of methoxy groups -OCH3 is 2. The summed E-state index contributed by atoms with van der Waals surface area (Å²) in [5.41, 5.74) is 1.56. The number of anilines is 1. The SMILES string of the molecule is CCOc1cc(-c2ccnc(NCCn3c(C)cc4c(OC)ccc(F)c43)c2F)sc1C(=O)OC. The lowest BCUT2D eigenvalue weighted by Gasteiger charge is -2.12.